The van der Waals surface area contributed by atoms with E-state index < -0.39 is 0 Å². The fraction of sp³-hybridized carbons (Fsp3) is 0.400. The summed E-state index contributed by atoms with van der Waals surface area (Å²) in [5, 5.41) is 4.97. The monoisotopic (exact) mass is 350 g/mol. The molecule has 0 spiro atoms. The molecule has 3 aromatic heterocycles. The Hall–Kier alpha value is -2.76. The second-order valence-electron chi connectivity index (χ2n) is 7.97. The average molecular weight is 350 g/mol. The van der Waals surface area contributed by atoms with E-state index in [-0.39, 0.29) is 11.3 Å². The number of rotatable bonds is 2. The van der Waals surface area contributed by atoms with Gasteiger partial charge in [-0.25, -0.2) is 4.98 Å². The van der Waals surface area contributed by atoms with Gasteiger partial charge in [0.15, 0.2) is 0 Å². The number of aryl methyl sites for hydroxylation is 1. The number of aromatic nitrogens is 3. The number of nitrogens with zero attached hydrogens (tertiary/aromatic N) is 4. The van der Waals surface area contributed by atoms with Gasteiger partial charge in [-0.15, -0.1) is 0 Å². The first-order valence-electron chi connectivity index (χ1n) is 8.92. The van der Waals surface area contributed by atoms with Gasteiger partial charge in [0, 0.05) is 18.9 Å². The predicted octanol–water partition coefficient (Wildman–Crippen LogP) is 3.80. The Morgan fingerprint density at radius 2 is 2.15 bits per heavy atom. The molecule has 0 fully saturated rings. The topological polar surface area (TPSA) is 72.1 Å². The molecule has 134 valence electrons. The van der Waals surface area contributed by atoms with E-state index in [0.29, 0.717) is 17.8 Å². The zero-order chi connectivity index (χ0) is 18.3. The zero-order valence-electron chi connectivity index (χ0n) is 15.3. The maximum absolute atomic E-state index is 13.1. The number of amides is 1. The van der Waals surface area contributed by atoms with E-state index in [9.17, 15) is 4.79 Å². The number of carbonyl (C=O) groups excluding carboxylic acids is 1. The molecule has 3 aromatic rings. The summed E-state index contributed by atoms with van der Waals surface area (Å²) in [6.07, 6.45) is 5.92. The molecule has 0 bridgehead atoms. The Bertz CT molecular complexity index is 971. The second-order valence-corrected chi connectivity index (χ2v) is 7.97. The van der Waals surface area contributed by atoms with E-state index in [0.717, 1.165) is 41.7 Å². The minimum absolute atomic E-state index is 0.0590. The Labute approximate surface area is 152 Å². The van der Waals surface area contributed by atoms with Crippen LogP contribution in [0.15, 0.2) is 35.1 Å². The van der Waals surface area contributed by atoms with Gasteiger partial charge in [0.05, 0.1) is 28.0 Å². The number of fused-ring (bicyclic) bond motifs is 2. The van der Waals surface area contributed by atoms with Crippen molar-refractivity contribution in [3.63, 3.8) is 0 Å². The number of carbonyl (C=O) groups is 1. The maximum Gasteiger partial charge on any atom is 0.259 e. The van der Waals surface area contributed by atoms with Gasteiger partial charge in [0.25, 0.3) is 11.6 Å². The standard InChI is InChI=1S/C20H22N4O2/c1-20(2,3)11-16-14-10-13(12-22-18(14)26-23-16)19(25)24-9-5-6-15-17(24)7-4-8-21-15/h4,7-8,10,12H,5-6,9,11H2,1-3H3. The summed E-state index contributed by atoms with van der Waals surface area (Å²) >= 11 is 0. The van der Waals surface area contributed by atoms with E-state index in [1.807, 2.05) is 18.2 Å². The molecule has 26 heavy (non-hydrogen) atoms. The van der Waals surface area contributed by atoms with Crippen LogP contribution in [0.4, 0.5) is 5.69 Å². The van der Waals surface area contributed by atoms with Gasteiger partial charge < -0.3 is 9.42 Å². The van der Waals surface area contributed by atoms with E-state index in [4.69, 9.17) is 4.52 Å². The first-order valence-corrected chi connectivity index (χ1v) is 8.92. The molecule has 6 heteroatoms. The van der Waals surface area contributed by atoms with Crippen LogP contribution >= 0.6 is 0 Å². The summed E-state index contributed by atoms with van der Waals surface area (Å²) in [6, 6.07) is 5.68. The van der Waals surface area contributed by atoms with E-state index >= 15 is 0 Å². The van der Waals surface area contributed by atoms with Gasteiger partial charge >= 0.3 is 0 Å². The van der Waals surface area contributed by atoms with Gasteiger partial charge in [-0.2, -0.15) is 0 Å². The molecular formula is C20H22N4O2. The lowest BCUT2D eigenvalue weighted by Gasteiger charge is -2.28. The van der Waals surface area contributed by atoms with Crippen molar-refractivity contribution in [1.82, 2.24) is 15.1 Å². The molecule has 0 unspecified atom stereocenters. The third kappa shape index (κ3) is 3.07. The molecule has 0 aromatic carbocycles. The number of hydrogen-bond acceptors (Lipinski definition) is 5. The second kappa shape index (κ2) is 6.20. The van der Waals surface area contributed by atoms with E-state index in [1.165, 1.54) is 0 Å². The molecule has 0 radical (unpaired) electrons. The number of pyridine rings is 2. The summed E-state index contributed by atoms with van der Waals surface area (Å²) in [6.45, 7) is 7.13. The van der Waals surface area contributed by atoms with Crippen LogP contribution < -0.4 is 4.90 Å². The Balaban J connectivity index is 1.71. The molecule has 0 atom stereocenters. The average Bonchev–Trinajstić information content (AvgIpc) is 3.01. The minimum Gasteiger partial charge on any atom is -0.336 e. The molecule has 1 amide bonds. The lowest BCUT2D eigenvalue weighted by Crippen LogP contribution is -2.35. The van der Waals surface area contributed by atoms with Crippen LogP contribution in [0.3, 0.4) is 0 Å². The highest BCUT2D eigenvalue weighted by Crippen LogP contribution is 2.29. The first kappa shape index (κ1) is 16.7. The van der Waals surface area contributed by atoms with Crippen molar-refractivity contribution in [2.24, 2.45) is 5.41 Å². The smallest absolute Gasteiger partial charge is 0.259 e. The quantitative estimate of drug-likeness (QED) is 0.703. The van der Waals surface area contributed by atoms with Crippen molar-refractivity contribution in [2.75, 3.05) is 11.4 Å². The molecule has 6 nitrogen and oxygen atoms in total. The van der Waals surface area contributed by atoms with E-state index in [2.05, 4.69) is 35.9 Å². The minimum atomic E-state index is -0.0590. The maximum atomic E-state index is 13.1. The Kier molecular flexibility index (Phi) is 3.98. The predicted molar refractivity (Wildman–Crippen MR) is 99.2 cm³/mol. The van der Waals surface area contributed by atoms with E-state index in [1.54, 1.807) is 17.3 Å². The third-order valence-corrected chi connectivity index (χ3v) is 4.55. The third-order valence-electron chi connectivity index (χ3n) is 4.55. The number of hydrogen-bond donors (Lipinski definition) is 0. The van der Waals surface area contributed by atoms with Gasteiger partial charge in [0.2, 0.25) is 0 Å². The summed E-state index contributed by atoms with van der Waals surface area (Å²) in [5.74, 6) is -0.0590. The van der Waals surface area contributed by atoms with Gasteiger partial charge in [-0.3, -0.25) is 9.78 Å². The van der Waals surface area contributed by atoms with Crippen LogP contribution in [-0.2, 0) is 12.8 Å². The lowest BCUT2D eigenvalue weighted by atomic mass is 9.89. The van der Waals surface area contributed by atoms with Crippen molar-refractivity contribution in [3.8, 4) is 0 Å². The van der Waals surface area contributed by atoms with Crippen LogP contribution in [-0.4, -0.2) is 27.6 Å². The highest BCUT2D eigenvalue weighted by atomic mass is 16.5. The molecular weight excluding hydrogens is 328 g/mol. The largest absolute Gasteiger partial charge is 0.336 e. The highest BCUT2D eigenvalue weighted by molar-refractivity contribution is 6.07. The molecule has 1 aliphatic heterocycles. The molecule has 0 saturated heterocycles. The Morgan fingerprint density at radius 1 is 1.31 bits per heavy atom. The normalized spacial score (nSPS) is 14.5. The fourth-order valence-corrected chi connectivity index (χ4v) is 3.39. The lowest BCUT2D eigenvalue weighted by molar-refractivity contribution is 0.0984. The van der Waals surface area contributed by atoms with Gasteiger partial charge in [-0.1, -0.05) is 25.9 Å². The zero-order valence-corrected chi connectivity index (χ0v) is 15.3. The van der Waals surface area contributed by atoms with Crippen LogP contribution in [0, 0.1) is 5.41 Å². The molecule has 4 heterocycles. The van der Waals surface area contributed by atoms with Crippen molar-refractivity contribution in [2.45, 2.75) is 40.0 Å². The summed E-state index contributed by atoms with van der Waals surface area (Å²) in [5.41, 5.74) is 3.80. The fourth-order valence-electron chi connectivity index (χ4n) is 3.39. The van der Waals surface area contributed by atoms with Crippen molar-refractivity contribution < 1.29 is 9.32 Å². The molecule has 0 aliphatic carbocycles. The highest BCUT2D eigenvalue weighted by Gasteiger charge is 2.25. The summed E-state index contributed by atoms with van der Waals surface area (Å²) in [4.78, 5) is 23.6. The molecule has 1 aliphatic rings. The van der Waals surface area contributed by atoms with Gasteiger partial charge in [-0.05, 0) is 42.9 Å². The molecule has 0 N–H and O–H groups in total. The summed E-state index contributed by atoms with van der Waals surface area (Å²) in [7, 11) is 0. The van der Waals surface area contributed by atoms with Crippen LogP contribution in [0.2, 0.25) is 0 Å². The molecule has 4 rings (SSSR count). The van der Waals surface area contributed by atoms with Crippen LogP contribution in [0.5, 0.6) is 0 Å². The first-order chi connectivity index (χ1) is 12.4. The SMILES string of the molecule is CC(C)(C)Cc1noc2ncc(C(=O)N3CCCc4ncccc43)cc12. The van der Waals surface area contributed by atoms with Gasteiger partial charge in [0.1, 0.15) is 0 Å². The number of anilines is 1. The van der Waals surface area contributed by atoms with Crippen molar-refractivity contribution >= 4 is 22.7 Å². The van der Waals surface area contributed by atoms with Crippen LogP contribution in [0.25, 0.3) is 11.1 Å². The summed E-state index contributed by atoms with van der Waals surface area (Å²) < 4.78 is 5.34. The molecule has 0 saturated carbocycles. The van der Waals surface area contributed by atoms with Crippen LogP contribution in [0.1, 0.15) is 48.9 Å². The van der Waals surface area contributed by atoms with Crippen molar-refractivity contribution in [1.29, 1.82) is 0 Å². The van der Waals surface area contributed by atoms with Crippen molar-refractivity contribution in [3.05, 3.63) is 47.5 Å². The Morgan fingerprint density at radius 3 is 2.96 bits per heavy atom.